The number of fused-ring (bicyclic) bond motifs is 1. The summed E-state index contributed by atoms with van der Waals surface area (Å²) in [6.45, 7) is 1.49. The van der Waals surface area contributed by atoms with Gasteiger partial charge in [-0.15, -0.1) is 0 Å². The number of nitrogens with two attached hydrogens (primary N) is 1. The largest absolute Gasteiger partial charge is 0.451 e. The smallest absolute Gasteiger partial charge is 0.325 e. The Labute approximate surface area is 174 Å². The van der Waals surface area contributed by atoms with E-state index in [9.17, 15) is 26.4 Å². The molecule has 12 heteroatoms. The van der Waals surface area contributed by atoms with Crippen molar-refractivity contribution in [2.24, 2.45) is 5.14 Å². The third-order valence-corrected chi connectivity index (χ3v) is 5.92. The molecule has 3 N–H and O–H groups in total. The zero-order valence-corrected chi connectivity index (χ0v) is 17.0. The number of nitrogens with zero attached hydrogens (tertiary/aromatic N) is 2. The number of thioether (sulfide) groups is 1. The number of primary sulfonamides is 1. The van der Waals surface area contributed by atoms with Gasteiger partial charge in [-0.1, -0.05) is 36.0 Å². The van der Waals surface area contributed by atoms with E-state index in [-0.39, 0.29) is 21.1 Å². The van der Waals surface area contributed by atoms with E-state index in [2.05, 4.69) is 15.3 Å². The molecule has 1 atom stereocenters. The molecule has 1 amide bonds. The Kier molecular flexibility index (Phi) is 6.01. The van der Waals surface area contributed by atoms with Crippen LogP contribution in [-0.2, 0) is 21.0 Å². The molecule has 0 aliphatic carbocycles. The number of para-hydroxylation sites is 1. The van der Waals surface area contributed by atoms with Crippen LogP contribution in [0.5, 0.6) is 0 Å². The van der Waals surface area contributed by atoms with Gasteiger partial charge < -0.3 is 5.32 Å². The standard InChI is InChI=1S/C18H15F3N4O3S2/c1-10(15(26)23-11-5-4-6-12(9-11)30(22,27)28)29-16-13-7-2-3-8-14(13)24-17(25-16)18(19,20)21/h2-10H,1H3,(H,23,26)(H2,22,27,28)/t10-/m1/s1. The lowest BCUT2D eigenvalue weighted by molar-refractivity contribution is -0.145. The van der Waals surface area contributed by atoms with Crippen LogP contribution in [0.1, 0.15) is 12.7 Å². The number of nitrogens with one attached hydrogen (secondary N) is 1. The number of hydrogen-bond donors (Lipinski definition) is 2. The molecule has 2 aromatic carbocycles. The topological polar surface area (TPSA) is 115 Å². The van der Waals surface area contributed by atoms with Gasteiger partial charge in [-0.25, -0.2) is 23.5 Å². The second-order valence-electron chi connectivity index (χ2n) is 6.19. The summed E-state index contributed by atoms with van der Waals surface area (Å²) in [5, 5.41) is 7.14. The van der Waals surface area contributed by atoms with Crippen LogP contribution in [0, 0.1) is 0 Å². The van der Waals surface area contributed by atoms with Gasteiger partial charge in [-0.3, -0.25) is 4.79 Å². The van der Waals surface area contributed by atoms with Gasteiger partial charge in [0, 0.05) is 11.1 Å². The molecule has 0 aliphatic heterocycles. The van der Waals surface area contributed by atoms with Crippen molar-refractivity contribution in [3.63, 3.8) is 0 Å². The number of sulfonamides is 1. The molecule has 0 fully saturated rings. The lowest BCUT2D eigenvalue weighted by Gasteiger charge is -2.14. The first kappa shape index (κ1) is 22.0. The Morgan fingerprint density at radius 2 is 1.83 bits per heavy atom. The zero-order valence-electron chi connectivity index (χ0n) is 15.3. The maximum atomic E-state index is 13.1. The molecule has 0 saturated heterocycles. The number of aromatic nitrogens is 2. The number of benzene rings is 2. The van der Waals surface area contributed by atoms with Crippen LogP contribution in [0.25, 0.3) is 10.9 Å². The number of carbonyl (C=O) groups is 1. The SMILES string of the molecule is C[C@@H](Sc1nc(C(F)(F)F)nc2ccccc12)C(=O)Nc1cccc(S(N)(=O)=O)c1. The first-order valence-corrected chi connectivity index (χ1v) is 10.8. The van der Waals surface area contributed by atoms with E-state index in [0.29, 0.717) is 5.39 Å². The summed E-state index contributed by atoms with van der Waals surface area (Å²) < 4.78 is 62.3. The summed E-state index contributed by atoms with van der Waals surface area (Å²) in [6.07, 6.45) is -4.74. The second-order valence-corrected chi connectivity index (χ2v) is 9.08. The summed E-state index contributed by atoms with van der Waals surface area (Å²) in [4.78, 5) is 19.5. The summed E-state index contributed by atoms with van der Waals surface area (Å²) in [7, 11) is -3.95. The molecule has 0 saturated carbocycles. The quantitative estimate of drug-likeness (QED) is 0.449. The zero-order chi connectivity index (χ0) is 22.1. The fraction of sp³-hybridized carbons (Fsp3) is 0.167. The highest BCUT2D eigenvalue weighted by atomic mass is 32.2. The van der Waals surface area contributed by atoms with Crippen LogP contribution in [-0.4, -0.2) is 29.5 Å². The summed E-state index contributed by atoms with van der Waals surface area (Å²) in [5.74, 6) is -1.85. The molecule has 30 heavy (non-hydrogen) atoms. The van der Waals surface area contributed by atoms with Crippen molar-refractivity contribution in [3.8, 4) is 0 Å². The molecule has 0 spiro atoms. The number of hydrogen-bond acceptors (Lipinski definition) is 6. The van der Waals surface area contributed by atoms with Gasteiger partial charge in [-0.05, 0) is 31.2 Å². The van der Waals surface area contributed by atoms with E-state index in [4.69, 9.17) is 5.14 Å². The molecular weight excluding hydrogens is 441 g/mol. The molecule has 158 valence electrons. The normalized spacial score (nSPS) is 13.2. The maximum Gasteiger partial charge on any atom is 0.451 e. The first-order chi connectivity index (χ1) is 13.9. The van der Waals surface area contributed by atoms with Gasteiger partial charge in [0.05, 0.1) is 15.7 Å². The molecule has 0 aliphatic rings. The third kappa shape index (κ3) is 5.07. The number of halogens is 3. The Morgan fingerprint density at radius 1 is 1.13 bits per heavy atom. The van der Waals surface area contributed by atoms with E-state index in [1.54, 1.807) is 18.2 Å². The van der Waals surface area contributed by atoms with E-state index in [1.165, 1.54) is 37.3 Å². The minimum Gasteiger partial charge on any atom is -0.325 e. The van der Waals surface area contributed by atoms with Crippen molar-refractivity contribution >= 4 is 44.3 Å². The number of rotatable bonds is 5. The molecule has 1 heterocycles. The van der Waals surface area contributed by atoms with Crippen molar-refractivity contribution in [2.75, 3.05) is 5.32 Å². The predicted octanol–water partition coefficient (Wildman–Crippen LogP) is 3.42. The monoisotopic (exact) mass is 456 g/mol. The van der Waals surface area contributed by atoms with Gasteiger partial charge in [0.15, 0.2) is 0 Å². The second kappa shape index (κ2) is 8.20. The van der Waals surface area contributed by atoms with Crippen molar-refractivity contribution < 1.29 is 26.4 Å². The highest BCUT2D eigenvalue weighted by Crippen LogP contribution is 2.33. The number of amides is 1. The van der Waals surface area contributed by atoms with Crippen LogP contribution < -0.4 is 10.5 Å². The van der Waals surface area contributed by atoms with E-state index < -0.39 is 33.2 Å². The highest BCUT2D eigenvalue weighted by molar-refractivity contribution is 8.00. The molecule has 0 radical (unpaired) electrons. The summed E-state index contributed by atoms with van der Waals surface area (Å²) in [5.41, 5.74) is 0.290. The number of anilines is 1. The van der Waals surface area contributed by atoms with Crippen molar-refractivity contribution in [3.05, 3.63) is 54.4 Å². The Bertz CT molecular complexity index is 1220. The molecule has 3 aromatic rings. The molecule has 0 unspecified atom stereocenters. The van der Waals surface area contributed by atoms with Crippen molar-refractivity contribution in [2.45, 2.75) is 28.3 Å². The van der Waals surface area contributed by atoms with Gasteiger partial charge in [0.1, 0.15) is 5.03 Å². The molecule has 1 aromatic heterocycles. The minimum atomic E-state index is -4.74. The predicted molar refractivity (Wildman–Crippen MR) is 106 cm³/mol. The number of alkyl halides is 3. The minimum absolute atomic E-state index is 0.00821. The van der Waals surface area contributed by atoms with Crippen molar-refractivity contribution in [1.29, 1.82) is 0 Å². The van der Waals surface area contributed by atoms with Crippen LogP contribution >= 0.6 is 11.8 Å². The highest BCUT2D eigenvalue weighted by Gasteiger charge is 2.36. The molecule has 3 rings (SSSR count). The molecule has 0 bridgehead atoms. The fourth-order valence-electron chi connectivity index (χ4n) is 2.48. The van der Waals surface area contributed by atoms with Gasteiger partial charge >= 0.3 is 6.18 Å². The lowest BCUT2D eigenvalue weighted by Crippen LogP contribution is -2.23. The summed E-state index contributed by atoms with van der Waals surface area (Å²) in [6, 6.07) is 11.5. The molecule has 7 nitrogen and oxygen atoms in total. The average molecular weight is 456 g/mol. The number of carbonyl (C=O) groups excluding carboxylic acids is 1. The van der Waals surface area contributed by atoms with Crippen LogP contribution in [0.3, 0.4) is 0 Å². The maximum absolute atomic E-state index is 13.1. The molecular formula is C18H15F3N4O3S2. The first-order valence-electron chi connectivity index (χ1n) is 8.39. The Morgan fingerprint density at radius 3 is 2.50 bits per heavy atom. The van der Waals surface area contributed by atoms with E-state index in [1.807, 2.05) is 0 Å². The van der Waals surface area contributed by atoms with Gasteiger partial charge in [-0.2, -0.15) is 13.2 Å². The summed E-state index contributed by atoms with van der Waals surface area (Å²) >= 11 is 0.834. The fourth-order valence-corrected chi connectivity index (χ4v) is 3.98. The third-order valence-electron chi connectivity index (χ3n) is 3.91. The van der Waals surface area contributed by atoms with Gasteiger partial charge in [0.25, 0.3) is 0 Å². The van der Waals surface area contributed by atoms with Crippen LogP contribution in [0.2, 0.25) is 0 Å². The van der Waals surface area contributed by atoms with Crippen LogP contribution in [0.4, 0.5) is 18.9 Å². The lowest BCUT2D eigenvalue weighted by atomic mass is 10.2. The van der Waals surface area contributed by atoms with Crippen LogP contribution in [0.15, 0.2) is 58.5 Å². The van der Waals surface area contributed by atoms with Crippen molar-refractivity contribution in [1.82, 2.24) is 9.97 Å². The Hall–Kier alpha value is -2.70. The Balaban J connectivity index is 1.86. The van der Waals surface area contributed by atoms with E-state index in [0.717, 1.165) is 11.8 Å². The average Bonchev–Trinajstić information content (AvgIpc) is 2.66. The van der Waals surface area contributed by atoms with Gasteiger partial charge in [0.2, 0.25) is 21.8 Å². The van der Waals surface area contributed by atoms with E-state index >= 15 is 0 Å².